The summed E-state index contributed by atoms with van der Waals surface area (Å²) >= 11 is 0. The van der Waals surface area contributed by atoms with Crippen LogP contribution >= 0.6 is 0 Å². The maximum absolute atomic E-state index is 10.9. The van der Waals surface area contributed by atoms with Gasteiger partial charge in [-0.15, -0.1) is 5.54 Å². The molecule has 1 rings (SSSR count). The Bertz CT molecular complexity index is 495. The third kappa shape index (κ3) is 3.61. The average Bonchev–Trinajstić information content (AvgIpc) is 2.24. The molecule has 90 valence electrons. The normalized spacial score (nSPS) is 10.4. The quantitative estimate of drug-likeness (QED) is 0.350. The van der Waals surface area contributed by atoms with Crippen LogP contribution in [0.15, 0.2) is 18.2 Å². The van der Waals surface area contributed by atoms with Crippen LogP contribution in [0.25, 0.3) is 0 Å². The minimum atomic E-state index is -1.57. The number of nitrogens with zero attached hydrogens (tertiary/aromatic N) is 1. The van der Waals surface area contributed by atoms with Gasteiger partial charge in [-0.2, -0.15) is 0 Å². The zero-order chi connectivity index (χ0) is 13.1. The Morgan fingerprint density at radius 3 is 2.47 bits per heavy atom. The lowest BCUT2D eigenvalue weighted by molar-refractivity contribution is -0.385. The summed E-state index contributed by atoms with van der Waals surface area (Å²) in [6.45, 7) is 6.25. The molecule has 0 N–H and O–H groups in total. The van der Waals surface area contributed by atoms with E-state index in [1.54, 1.807) is 12.1 Å². The second kappa shape index (κ2) is 5.02. The van der Waals surface area contributed by atoms with Crippen molar-refractivity contribution in [2.75, 3.05) is 7.11 Å². The van der Waals surface area contributed by atoms with Crippen LogP contribution < -0.4 is 4.74 Å². The topological polar surface area (TPSA) is 52.4 Å². The zero-order valence-electron chi connectivity index (χ0n) is 10.4. The molecule has 5 heteroatoms. The molecular weight excluding hydrogens is 234 g/mol. The Morgan fingerprint density at radius 1 is 1.35 bits per heavy atom. The van der Waals surface area contributed by atoms with Crippen LogP contribution in [0.1, 0.15) is 5.56 Å². The summed E-state index contributed by atoms with van der Waals surface area (Å²) in [5.74, 6) is 3.35. The molecule has 0 heterocycles. The number of hydrogen-bond acceptors (Lipinski definition) is 3. The van der Waals surface area contributed by atoms with Crippen LogP contribution in [0, 0.1) is 21.6 Å². The molecule has 0 saturated heterocycles. The molecule has 0 radical (unpaired) electrons. The molecule has 0 aliphatic carbocycles. The molecule has 0 unspecified atom stereocenters. The maximum atomic E-state index is 10.9. The van der Waals surface area contributed by atoms with Gasteiger partial charge in [0.15, 0.2) is 0 Å². The fourth-order valence-electron chi connectivity index (χ4n) is 1.22. The minimum Gasteiger partial charge on any atom is -0.495 e. The van der Waals surface area contributed by atoms with Gasteiger partial charge in [0, 0.05) is 6.07 Å². The fraction of sp³-hybridized carbons (Fsp3) is 0.333. The smallest absolute Gasteiger partial charge is 0.288 e. The van der Waals surface area contributed by atoms with E-state index in [0.29, 0.717) is 11.3 Å². The second-order valence-electron chi connectivity index (χ2n) is 4.61. The molecule has 1 aromatic carbocycles. The van der Waals surface area contributed by atoms with Crippen molar-refractivity contribution in [3.63, 3.8) is 0 Å². The van der Waals surface area contributed by atoms with Crippen molar-refractivity contribution < 1.29 is 9.66 Å². The first-order chi connectivity index (χ1) is 7.85. The van der Waals surface area contributed by atoms with E-state index in [0.717, 1.165) is 0 Å². The van der Waals surface area contributed by atoms with Gasteiger partial charge in [-0.1, -0.05) is 31.6 Å². The summed E-state index contributed by atoms with van der Waals surface area (Å²) in [6.07, 6.45) is 0. The number of rotatable bonds is 2. The molecule has 0 aliphatic rings. The number of methoxy groups -OCH3 is 1. The Labute approximate surface area is 102 Å². The summed E-state index contributed by atoms with van der Waals surface area (Å²) in [6, 6.07) is 4.72. The predicted molar refractivity (Wildman–Crippen MR) is 69.9 cm³/mol. The van der Waals surface area contributed by atoms with Crippen molar-refractivity contribution >= 4 is 13.8 Å². The molecule has 17 heavy (non-hydrogen) atoms. The van der Waals surface area contributed by atoms with Gasteiger partial charge in [-0.05, 0) is 6.07 Å². The van der Waals surface area contributed by atoms with Gasteiger partial charge in [0.05, 0.1) is 12.0 Å². The van der Waals surface area contributed by atoms with Gasteiger partial charge in [-0.25, -0.2) is 0 Å². The molecule has 0 saturated carbocycles. The Hall–Kier alpha value is -1.80. The van der Waals surface area contributed by atoms with E-state index in [-0.39, 0.29) is 5.69 Å². The Balaban J connectivity index is 3.36. The third-order valence-electron chi connectivity index (χ3n) is 1.98. The van der Waals surface area contributed by atoms with Crippen molar-refractivity contribution in [2.24, 2.45) is 0 Å². The highest BCUT2D eigenvalue weighted by Crippen LogP contribution is 2.27. The van der Waals surface area contributed by atoms with Gasteiger partial charge < -0.3 is 4.74 Å². The van der Waals surface area contributed by atoms with E-state index >= 15 is 0 Å². The van der Waals surface area contributed by atoms with Gasteiger partial charge in [-0.3, -0.25) is 10.1 Å². The number of benzene rings is 1. The summed E-state index contributed by atoms with van der Waals surface area (Å²) < 4.78 is 5.11. The minimum absolute atomic E-state index is 0.00454. The number of hydrogen-bond donors (Lipinski definition) is 0. The highest BCUT2D eigenvalue weighted by Gasteiger charge is 2.17. The number of nitro groups is 1. The van der Waals surface area contributed by atoms with Gasteiger partial charge in [0.2, 0.25) is 0 Å². The molecule has 0 bridgehead atoms. The van der Waals surface area contributed by atoms with Crippen molar-refractivity contribution in [2.45, 2.75) is 19.6 Å². The number of ether oxygens (including phenoxy) is 1. The molecular formula is C12H15NO3Si. The lowest BCUT2D eigenvalue weighted by atomic mass is 10.1. The third-order valence-corrected chi connectivity index (χ3v) is 2.86. The van der Waals surface area contributed by atoms with Crippen LogP contribution in [0.3, 0.4) is 0 Å². The first kappa shape index (κ1) is 13.3. The summed E-state index contributed by atoms with van der Waals surface area (Å²) in [5.41, 5.74) is 3.47. The molecule has 0 atom stereocenters. The van der Waals surface area contributed by atoms with Crippen LogP contribution in [-0.4, -0.2) is 20.1 Å². The van der Waals surface area contributed by atoms with Crippen LogP contribution in [-0.2, 0) is 0 Å². The number of nitro benzene ring substituents is 1. The monoisotopic (exact) mass is 249 g/mol. The predicted octanol–water partition coefficient (Wildman–Crippen LogP) is 2.83. The molecule has 0 amide bonds. The van der Waals surface area contributed by atoms with Crippen molar-refractivity contribution in [3.8, 4) is 17.2 Å². The van der Waals surface area contributed by atoms with Crippen molar-refractivity contribution in [1.29, 1.82) is 0 Å². The first-order valence-electron chi connectivity index (χ1n) is 5.20. The van der Waals surface area contributed by atoms with Gasteiger partial charge in [0.1, 0.15) is 19.4 Å². The largest absolute Gasteiger partial charge is 0.495 e. The summed E-state index contributed by atoms with van der Waals surface area (Å²) in [4.78, 5) is 10.5. The van der Waals surface area contributed by atoms with Crippen LogP contribution in [0.5, 0.6) is 5.75 Å². The fourth-order valence-corrected chi connectivity index (χ4v) is 1.72. The van der Waals surface area contributed by atoms with Crippen molar-refractivity contribution in [1.82, 2.24) is 0 Å². The van der Waals surface area contributed by atoms with E-state index in [9.17, 15) is 10.1 Å². The summed E-state index contributed by atoms with van der Waals surface area (Å²) in [7, 11) is -0.0878. The standard InChI is InChI=1S/C12H15NO3Si/c1-16-12-7-5-6-11(13(14)15)10(12)8-9-17(2,3)4/h5-7H,1-4H3. The molecule has 0 fully saturated rings. The van der Waals surface area contributed by atoms with Crippen LogP contribution in [0.2, 0.25) is 19.6 Å². The molecule has 0 aliphatic heterocycles. The van der Waals surface area contributed by atoms with E-state index in [1.807, 2.05) is 0 Å². The lowest BCUT2D eigenvalue weighted by Crippen LogP contribution is -2.16. The van der Waals surface area contributed by atoms with E-state index in [1.165, 1.54) is 13.2 Å². The molecule has 1 aromatic rings. The van der Waals surface area contributed by atoms with E-state index < -0.39 is 13.0 Å². The molecule has 0 aromatic heterocycles. The SMILES string of the molecule is COc1cccc([N+](=O)[O-])c1C#C[Si](C)(C)C. The average molecular weight is 249 g/mol. The second-order valence-corrected chi connectivity index (χ2v) is 9.36. The Morgan fingerprint density at radius 2 is 2.00 bits per heavy atom. The highest BCUT2D eigenvalue weighted by atomic mass is 28.3. The Kier molecular flexibility index (Phi) is 3.92. The van der Waals surface area contributed by atoms with E-state index in [4.69, 9.17) is 4.74 Å². The van der Waals surface area contributed by atoms with E-state index in [2.05, 4.69) is 31.1 Å². The molecule has 0 spiro atoms. The van der Waals surface area contributed by atoms with Crippen LogP contribution in [0.4, 0.5) is 5.69 Å². The summed E-state index contributed by atoms with van der Waals surface area (Å²) in [5, 5.41) is 10.9. The van der Waals surface area contributed by atoms with Gasteiger partial charge in [0.25, 0.3) is 5.69 Å². The lowest BCUT2D eigenvalue weighted by Gasteiger charge is -2.06. The highest BCUT2D eigenvalue weighted by molar-refractivity contribution is 6.83. The molecule has 4 nitrogen and oxygen atoms in total. The van der Waals surface area contributed by atoms with Crippen molar-refractivity contribution in [3.05, 3.63) is 33.9 Å². The van der Waals surface area contributed by atoms with Gasteiger partial charge >= 0.3 is 0 Å². The zero-order valence-corrected chi connectivity index (χ0v) is 11.4. The first-order valence-corrected chi connectivity index (χ1v) is 8.70. The maximum Gasteiger partial charge on any atom is 0.288 e.